The van der Waals surface area contributed by atoms with E-state index in [0.717, 1.165) is 38.9 Å². The molecule has 340 valence electrons. The van der Waals surface area contributed by atoms with Gasteiger partial charge in [-0.25, -0.2) is 4.79 Å². The molecule has 8 aromatic rings. The zero-order valence-corrected chi connectivity index (χ0v) is 38.2. The van der Waals surface area contributed by atoms with Gasteiger partial charge in [-0.1, -0.05) is 224 Å². The Balaban J connectivity index is 1.27. The molecule has 5 N–H and O–H groups in total. The molecule has 0 radical (unpaired) electrons. The number of hydrogen-bond donors (Lipinski definition) is 5. The zero-order valence-electron chi connectivity index (χ0n) is 37.4. The van der Waals surface area contributed by atoms with E-state index in [1.165, 1.54) is 12.1 Å². The van der Waals surface area contributed by atoms with Crippen molar-refractivity contribution in [3.63, 3.8) is 0 Å². The summed E-state index contributed by atoms with van der Waals surface area (Å²) in [4.78, 5) is 43.2. The highest BCUT2D eigenvalue weighted by atomic mass is 32.2. The second kappa shape index (κ2) is 22.2. The molecule has 0 bridgehead atoms. The van der Waals surface area contributed by atoms with Gasteiger partial charge in [0.1, 0.15) is 17.8 Å². The summed E-state index contributed by atoms with van der Waals surface area (Å²) in [6, 6.07) is 73.0. The van der Waals surface area contributed by atoms with E-state index in [-0.39, 0.29) is 24.3 Å². The number of amides is 2. The van der Waals surface area contributed by atoms with Crippen molar-refractivity contribution < 1.29 is 24.6 Å². The zero-order chi connectivity index (χ0) is 47.2. The summed E-state index contributed by atoms with van der Waals surface area (Å²) in [6.07, 6.45) is 0.0511. The lowest BCUT2D eigenvalue weighted by atomic mass is 9.76. The highest BCUT2D eigenvalue weighted by molar-refractivity contribution is 8.00. The number of aliphatic carboxylic acids is 1. The SMILES string of the molecule is O=C(O)C(Cc1ccccc1)NC(=O)C(Cc1ccc(O)cc1)NC(=O)C(CSC(c1ccccc1)(c1ccccc1)c1ccccc1)NC(c1ccccc1)(c1ccccc1)c1ccccc1. The van der Waals surface area contributed by atoms with Crippen LogP contribution in [0.2, 0.25) is 0 Å². The van der Waals surface area contributed by atoms with Crippen LogP contribution in [0.1, 0.15) is 44.5 Å². The quantitative estimate of drug-likeness (QED) is 0.0482. The summed E-state index contributed by atoms with van der Waals surface area (Å²) in [5.41, 5.74) is 6.02. The fourth-order valence-electron chi connectivity index (χ4n) is 8.91. The molecule has 0 saturated heterocycles. The van der Waals surface area contributed by atoms with E-state index in [1.807, 2.05) is 140 Å². The maximum absolute atomic E-state index is 15.8. The maximum atomic E-state index is 15.8. The number of benzene rings is 8. The van der Waals surface area contributed by atoms with Crippen LogP contribution in [0.3, 0.4) is 0 Å². The van der Waals surface area contributed by atoms with Crippen LogP contribution >= 0.6 is 11.8 Å². The van der Waals surface area contributed by atoms with Gasteiger partial charge < -0.3 is 20.8 Å². The second-order valence-corrected chi connectivity index (χ2v) is 17.9. The molecule has 3 unspecified atom stereocenters. The molecule has 2 amide bonds. The molecule has 0 aromatic heterocycles. The van der Waals surface area contributed by atoms with E-state index in [2.05, 4.69) is 88.7 Å². The van der Waals surface area contributed by atoms with Crippen molar-refractivity contribution in [2.45, 2.75) is 41.3 Å². The Bertz CT molecular complexity index is 2650. The normalized spacial score (nSPS) is 12.8. The molecule has 0 fully saturated rings. The van der Waals surface area contributed by atoms with Crippen LogP contribution in [0.15, 0.2) is 237 Å². The van der Waals surface area contributed by atoms with Gasteiger partial charge >= 0.3 is 5.97 Å². The number of nitrogens with one attached hydrogen (secondary N) is 3. The smallest absolute Gasteiger partial charge is 0.326 e. The van der Waals surface area contributed by atoms with Crippen LogP contribution in [0.4, 0.5) is 0 Å². The van der Waals surface area contributed by atoms with Crippen LogP contribution in [0, 0.1) is 0 Å². The van der Waals surface area contributed by atoms with Gasteiger partial charge in [0.05, 0.1) is 16.3 Å². The molecule has 0 aliphatic heterocycles. The van der Waals surface area contributed by atoms with Crippen molar-refractivity contribution in [1.82, 2.24) is 16.0 Å². The van der Waals surface area contributed by atoms with Crippen molar-refractivity contribution in [1.29, 1.82) is 0 Å². The number of phenolic OH excluding ortho intramolecular Hbond substituents is 1. The lowest BCUT2D eigenvalue weighted by molar-refractivity contribution is -0.142. The fraction of sp³-hybridized carbons (Fsp3) is 0.136. The Morgan fingerprint density at radius 2 is 0.735 bits per heavy atom. The summed E-state index contributed by atoms with van der Waals surface area (Å²) < 4.78 is -0.812. The van der Waals surface area contributed by atoms with Crippen LogP contribution in [-0.4, -0.2) is 51.9 Å². The van der Waals surface area contributed by atoms with Gasteiger partial charge in [0.15, 0.2) is 0 Å². The van der Waals surface area contributed by atoms with Crippen LogP contribution in [0.25, 0.3) is 0 Å². The number of hydrogen-bond acceptors (Lipinski definition) is 6. The van der Waals surface area contributed by atoms with E-state index < -0.39 is 46.2 Å². The first-order valence-electron chi connectivity index (χ1n) is 22.7. The number of aromatic hydroxyl groups is 1. The summed E-state index contributed by atoms with van der Waals surface area (Å²) in [5.74, 6) is -2.09. The Kier molecular flexibility index (Phi) is 15.3. The molecule has 68 heavy (non-hydrogen) atoms. The third kappa shape index (κ3) is 10.8. The lowest BCUT2D eigenvalue weighted by Crippen LogP contribution is -2.60. The lowest BCUT2D eigenvalue weighted by Gasteiger charge is -2.41. The molecule has 3 atom stereocenters. The molecule has 0 spiro atoms. The third-order valence-electron chi connectivity index (χ3n) is 12.2. The molecule has 0 aliphatic rings. The monoisotopic (exact) mass is 915 g/mol. The summed E-state index contributed by atoms with van der Waals surface area (Å²) in [7, 11) is 0. The molecule has 8 nitrogen and oxygen atoms in total. The number of phenols is 1. The van der Waals surface area contributed by atoms with Gasteiger partial charge in [0.2, 0.25) is 11.8 Å². The number of carboxylic acid groups (broad SMARTS) is 1. The van der Waals surface area contributed by atoms with Crippen molar-refractivity contribution in [2.75, 3.05) is 5.75 Å². The molecule has 0 heterocycles. The average molecular weight is 916 g/mol. The summed E-state index contributed by atoms with van der Waals surface area (Å²) >= 11 is 1.62. The van der Waals surface area contributed by atoms with Crippen molar-refractivity contribution in [2.24, 2.45) is 0 Å². The van der Waals surface area contributed by atoms with Crippen molar-refractivity contribution in [3.8, 4) is 5.75 Å². The van der Waals surface area contributed by atoms with Crippen molar-refractivity contribution in [3.05, 3.63) is 281 Å². The number of carbonyl (C=O) groups excluding carboxylic acids is 2. The molecule has 0 aliphatic carbocycles. The van der Waals surface area contributed by atoms with Gasteiger partial charge in [-0.3, -0.25) is 14.9 Å². The second-order valence-electron chi connectivity index (χ2n) is 16.7. The van der Waals surface area contributed by atoms with Gasteiger partial charge in [-0.05, 0) is 56.6 Å². The molecule has 0 saturated carbocycles. The topological polar surface area (TPSA) is 128 Å². The van der Waals surface area contributed by atoms with Crippen LogP contribution in [-0.2, 0) is 37.5 Å². The summed E-state index contributed by atoms with van der Waals surface area (Å²) in [5, 5.41) is 30.4. The predicted octanol–water partition coefficient (Wildman–Crippen LogP) is 9.91. The minimum Gasteiger partial charge on any atom is -0.508 e. The Labute approximate surface area is 402 Å². The standard InChI is InChI=1S/C59H53N3O5S/c63-51-38-36-44(37-39-51)40-52(55(64)61-53(57(66)67)41-43-22-8-1-9-23-43)60-56(65)54(62-58(45-24-10-2-11-25-45,46-26-12-3-13-27-46)47-28-14-4-15-29-47)42-68-59(48-30-16-5-17-31-48,49-32-18-6-19-33-49)50-34-20-7-21-35-50/h1-39,52-54,62-63H,40-42H2,(H,60,65)(H,61,64)(H,66,67). The Hall–Kier alpha value is -7.72. The van der Waals surface area contributed by atoms with Crippen LogP contribution in [0.5, 0.6) is 5.75 Å². The molecular weight excluding hydrogens is 863 g/mol. The number of rotatable bonds is 20. The summed E-state index contributed by atoms with van der Waals surface area (Å²) in [6.45, 7) is 0. The van der Waals surface area contributed by atoms with Gasteiger partial charge in [-0.2, -0.15) is 0 Å². The predicted molar refractivity (Wildman–Crippen MR) is 271 cm³/mol. The first kappa shape index (κ1) is 46.8. The van der Waals surface area contributed by atoms with E-state index in [9.17, 15) is 19.8 Å². The van der Waals surface area contributed by atoms with Gasteiger partial charge in [-0.15, -0.1) is 11.8 Å². The average Bonchev–Trinajstić information content (AvgIpc) is 3.39. The fourth-order valence-corrected chi connectivity index (χ4v) is 10.5. The Morgan fingerprint density at radius 3 is 1.13 bits per heavy atom. The molecule has 8 rings (SSSR count). The maximum Gasteiger partial charge on any atom is 0.326 e. The highest BCUT2D eigenvalue weighted by Crippen LogP contribution is 2.49. The number of carbonyl (C=O) groups is 3. The molecule has 8 aromatic carbocycles. The largest absolute Gasteiger partial charge is 0.508 e. The van der Waals surface area contributed by atoms with E-state index in [4.69, 9.17) is 0 Å². The first-order chi connectivity index (χ1) is 33.3. The van der Waals surface area contributed by atoms with Crippen molar-refractivity contribution >= 4 is 29.5 Å². The highest BCUT2D eigenvalue weighted by Gasteiger charge is 2.43. The third-order valence-corrected chi connectivity index (χ3v) is 13.9. The van der Waals surface area contributed by atoms with E-state index in [1.54, 1.807) is 23.9 Å². The number of carboxylic acids is 1. The molecular formula is C59H53N3O5S. The van der Waals surface area contributed by atoms with E-state index in [0.29, 0.717) is 5.56 Å². The van der Waals surface area contributed by atoms with Gasteiger partial charge in [0, 0.05) is 18.6 Å². The minimum atomic E-state index is -1.28. The number of thioether (sulfide) groups is 1. The first-order valence-corrected chi connectivity index (χ1v) is 23.6. The van der Waals surface area contributed by atoms with Crippen LogP contribution < -0.4 is 16.0 Å². The molecule has 9 heteroatoms. The minimum absolute atomic E-state index is 0.0125. The Morgan fingerprint density at radius 1 is 0.412 bits per heavy atom. The van der Waals surface area contributed by atoms with Gasteiger partial charge in [0.25, 0.3) is 0 Å². The van der Waals surface area contributed by atoms with E-state index >= 15 is 4.79 Å².